The number of carboxylic acid groups (broad SMARTS) is 1. The largest absolute Gasteiger partial charge is 0.464 e. The summed E-state index contributed by atoms with van der Waals surface area (Å²) in [6.07, 6.45) is 3.49. The molecule has 0 atom stereocenters. The van der Waals surface area contributed by atoms with Gasteiger partial charge in [0, 0.05) is 17.5 Å². The Labute approximate surface area is 169 Å². The van der Waals surface area contributed by atoms with Gasteiger partial charge in [-0.1, -0.05) is 6.42 Å². The van der Waals surface area contributed by atoms with E-state index in [9.17, 15) is 19.2 Å². The Balaban J connectivity index is 1.84. The van der Waals surface area contributed by atoms with Gasteiger partial charge < -0.3 is 10.8 Å². The number of hydrogen-bond donors (Lipinski definition) is 3. The first-order valence-electron chi connectivity index (χ1n) is 9.61. The highest BCUT2D eigenvalue weighted by molar-refractivity contribution is 7.18. The second kappa shape index (κ2) is 7.21. The Kier molecular flexibility index (Phi) is 4.85. The molecule has 4 N–H and O–H groups in total. The van der Waals surface area contributed by atoms with E-state index in [0.717, 1.165) is 37.1 Å². The number of carbonyl (C=O) groups excluding carboxylic acids is 1. The van der Waals surface area contributed by atoms with Gasteiger partial charge in [0.25, 0.3) is 5.56 Å². The summed E-state index contributed by atoms with van der Waals surface area (Å²) in [5.41, 5.74) is 7.28. The Bertz CT molecular complexity index is 1110. The average molecular weight is 421 g/mol. The first-order valence-corrected chi connectivity index (χ1v) is 10.4. The van der Waals surface area contributed by atoms with Crippen molar-refractivity contribution in [1.82, 2.24) is 19.6 Å². The van der Waals surface area contributed by atoms with Gasteiger partial charge in [0.2, 0.25) is 0 Å². The Morgan fingerprint density at radius 1 is 1.28 bits per heavy atom. The molecule has 2 fully saturated rings. The van der Waals surface area contributed by atoms with Crippen molar-refractivity contribution in [3.63, 3.8) is 0 Å². The summed E-state index contributed by atoms with van der Waals surface area (Å²) < 4.78 is 3.06. The third kappa shape index (κ3) is 3.50. The molecule has 0 bridgehead atoms. The van der Waals surface area contributed by atoms with Gasteiger partial charge >= 0.3 is 17.8 Å². The second-order valence-electron chi connectivity index (χ2n) is 7.77. The van der Waals surface area contributed by atoms with Crippen LogP contribution in [0, 0.1) is 12.8 Å². The highest BCUT2D eigenvalue weighted by Gasteiger charge is 2.31. The first-order chi connectivity index (χ1) is 13.8. The number of amides is 3. The lowest BCUT2D eigenvalue weighted by Gasteiger charge is -2.26. The molecule has 10 nitrogen and oxygen atoms in total. The maximum absolute atomic E-state index is 13.1. The van der Waals surface area contributed by atoms with E-state index in [0.29, 0.717) is 33.1 Å². The van der Waals surface area contributed by atoms with E-state index in [1.54, 1.807) is 11.5 Å². The van der Waals surface area contributed by atoms with E-state index in [1.807, 2.05) is 5.43 Å². The summed E-state index contributed by atoms with van der Waals surface area (Å²) >= 11 is 1.24. The average Bonchev–Trinajstić information content (AvgIpc) is 3.37. The molecule has 2 aromatic rings. The Morgan fingerprint density at radius 3 is 2.48 bits per heavy atom. The number of nitrogens with one attached hydrogen (secondary N) is 1. The monoisotopic (exact) mass is 421 g/mol. The zero-order chi connectivity index (χ0) is 20.9. The van der Waals surface area contributed by atoms with Crippen LogP contribution in [0.3, 0.4) is 0 Å². The van der Waals surface area contributed by atoms with Gasteiger partial charge in [0.1, 0.15) is 4.83 Å². The lowest BCUT2D eigenvalue weighted by molar-refractivity contribution is 0.144. The number of nitrogens with two attached hydrogens (primary N) is 1. The standard InChI is InChI=1S/C18H23N5O5S/c1-9-12(8-22(16(19)25)20-17(26)27)29-15-13(9)14(24)23(11-5-6-11)18(28)21(15)7-10-3-2-4-10/h10-11,20H,2-8H2,1H3,(H2,19,25)(H,26,27). The topological polar surface area (TPSA) is 140 Å². The fourth-order valence-corrected chi connectivity index (χ4v) is 5.03. The third-order valence-corrected chi connectivity index (χ3v) is 7.02. The predicted molar refractivity (Wildman–Crippen MR) is 107 cm³/mol. The Hall–Kier alpha value is -2.82. The SMILES string of the molecule is Cc1c(CN(NC(=O)O)C(N)=O)sc2c1c(=O)n(C1CC1)c(=O)n2CC1CCC1. The smallest absolute Gasteiger partial charge is 0.423 e. The number of aryl methyl sites for hydroxylation is 1. The summed E-state index contributed by atoms with van der Waals surface area (Å²) in [5, 5.41) is 10.2. The minimum Gasteiger partial charge on any atom is -0.464 e. The van der Waals surface area contributed by atoms with E-state index in [4.69, 9.17) is 10.8 Å². The molecule has 11 heteroatoms. The van der Waals surface area contributed by atoms with E-state index < -0.39 is 12.1 Å². The highest BCUT2D eigenvalue weighted by Crippen LogP contribution is 2.35. The molecule has 0 spiro atoms. The van der Waals surface area contributed by atoms with Gasteiger partial charge in [-0.3, -0.25) is 13.9 Å². The van der Waals surface area contributed by atoms with Crippen molar-refractivity contribution in [1.29, 1.82) is 0 Å². The number of rotatable bonds is 5. The number of primary amides is 1. The van der Waals surface area contributed by atoms with Crippen molar-refractivity contribution in [2.45, 2.75) is 58.2 Å². The maximum Gasteiger partial charge on any atom is 0.423 e. The van der Waals surface area contributed by atoms with Gasteiger partial charge in [-0.05, 0) is 44.1 Å². The lowest BCUT2D eigenvalue weighted by atomic mass is 9.85. The number of hydrogen-bond acceptors (Lipinski definition) is 5. The molecule has 156 valence electrons. The van der Waals surface area contributed by atoms with E-state index >= 15 is 0 Å². The third-order valence-electron chi connectivity index (χ3n) is 5.72. The molecule has 2 aliphatic rings. The highest BCUT2D eigenvalue weighted by atomic mass is 32.1. The van der Waals surface area contributed by atoms with Crippen molar-refractivity contribution in [2.24, 2.45) is 11.7 Å². The fourth-order valence-electron chi connectivity index (χ4n) is 3.74. The van der Waals surface area contributed by atoms with Crippen LogP contribution in [0.25, 0.3) is 10.2 Å². The van der Waals surface area contributed by atoms with Crippen molar-refractivity contribution >= 4 is 33.7 Å². The van der Waals surface area contributed by atoms with Crippen LogP contribution >= 0.6 is 11.3 Å². The molecule has 0 aromatic carbocycles. The fraction of sp³-hybridized carbons (Fsp3) is 0.556. The molecular formula is C18H23N5O5S. The summed E-state index contributed by atoms with van der Waals surface area (Å²) in [7, 11) is 0. The number of aromatic nitrogens is 2. The molecular weight excluding hydrogens is 398 g/mol. The summed E-state index contributed by atoms with van der Waals surface area (Å²) in [4.78, 5) is 50.0. The zero-order valence-electron chi connectivity index (χ0n) is 16.0. The van der Waals surface area contributed by atoms with Crippen molar-refractivity contribution in [2.75, 3.05) is 0 Å². The maximum atomic E-state index is 13.1. The van der Waals surface area contributed by atoms with Gasteiger partial charge in [-0.2, -0.15) is 0 Å². The summed E-state index contributed by atoms with van der Waals surface area (Å²) in [5.74, 6) is 0.419. The molecule has 2 aliphatic carbocycles. The minimum atomic E-state index is -1.42. The van der Waals surface area contributed by atoms with E-state index in [-0.39, 0.29) is 23.8 Å². The normalized spacial score (nSPS) is 16.6. The second-order valence-corrected chi connectivity index (χ2v) is 8.85. The van der Waals surface area contributed by atoms with Gasteiger partial charge in [0.15, 0.2) is 0 Å². The molecule has 0 saturated heterocycles. The quantitative estimate of drug-likeness (QED) is 0.631. The molecule has 0 unspecified atom stereocenters. The number of carbonyl (C=O) groups is 2. The predicted octanol–water partition coefficient (Wildman–Crippen LogP) is 1.73. The van der Waals surface area contributed by atoms with Crippen LogP contribution in [0.15, 0.2) is 9.59 Å². The molecule has 0 radical (unpaired) electrons. The minimum absolute atomic E-state index is 0.0504. The molecule has 4 rings (SSSR count). The number of hydrazine groups is 1. The van der Waals surface area contributed by atoms with Gasteiger partial charge in [-0.15, -0.1) is 11.3 Å². The molecule has 2 aromatic heterocycles. The summed E-state index contributed by atoms with van der Waals surface area (Å²) in [6, 6.07) is -1.00. The summed E-state index contributed by atoms with van der Waals surface area (Å²) in [6.45, 7) is 2.20. The van der Waals surface area contributed by atoms with Crippen LogP contribution in [-0.4, -0.2) is 31.4 Å². The molecule has 3 amide bonds. The van der Waals surface area contributed by atoms with Crippen molar-refractivity contribution < 1.29 is 14.7 Å². The number of fused-ring (bicyclic) bond motifs is 1. The van der Waals surface area contributed by atoms with E-state index in [1.165, 1.54) is 15.9 Å². The molecule has 29 heavy (non-hydrogen) atoms. The first kappa shape index (κ1) is 19.5. The lowest BCUT2D eigenvalue weighted by Crippen LogP contribution is -2.47. The van der Waals surface area contributed by atoms with Crippen molar-refractivity contribution in [3.8, 4) is 0 Å². The van der Waals surface area contributed by atoms with Crippen LogP contribution < -0.4 is 22.4 Å². The zero-order valence-corrected chi connectivity index (χ0v) is 16.8. The van der Waals surface area contributed by atoms with Crippen molar-refractivity contribution in [3.05, 3.63) is 31.3 Å². The van der Waals surface area contributed by atoms with Gasteiger partial charge in [0.05, 0.1) is 11.9 Å². The van der Waals surface area contributed by atoms with Crippen LogP contribution in [0.4, 0.5) is 9.59 Å². The number of thiophene rings is 1. The number of urea groups is 1. The van der Waals surface area contributed by atoms with Crippen LogP contribution in [0.5, 0.6) is 0 Å². The Morgan fingerprint density at radius 2 is 1.97 bits per heavy atom. The molecule has 0 aliphatic heterocycles. The van der Waals surface area contributed by atoms with Crippen LogP contribution in [0.2, 0.25) is 0 Å². The van der Waals surface area contributed by atoms with Crippen LogP contribution in [-0.2, 0) is 13.1 Å². The van der Waals surface area contributed by atoms with Crippen LogP contribution in [0.1, 0.15) is 48.6 Å². The van der Waals surface area contributed by atoms with E-state index in [2.05, 4.69) is 0 Å². The number of nitrogens with zero attached hydrogens (tertiary/aromatic N) is 3. The molecule has 2 heterocycles. The molecule has 2 saturated carbocycles. The van der Waals surface area contributed by atoms with Gasteiger partial charge in [-0.25, -0.2) is 24.8 Å².